The lowest BCUT2D eigenvalue weighted by Gasteiger charge is -2.35. The summed E-state index contributed by atoms with van der Waals surface area (Å²) in [5.41, 5.74) is 6.96. The largest absolute Gasteiger partial charge is 0.476 e. The van der Waals surface area contributed by atoms with Gasteiger partial charge >= 0.3 is 0 Å². The lowest BCUT2D eigenvalue weighted by Crippen LogP contribution is -2.50. The predicted molar refractivity (Wildman–Crippen MR) is 170 cm³/mol. The lowest BCUT2D eigenvalue weighted by atomic mass is 10.1. The highest BCUT2D eigenvalue weighted by atomic mass is 35.5. The van der Waals surface area contributed by atoms with Gasteiger partial charge in [0.1, 0.15) is 6.07 Å². The number of amides is 2. The van der Waals surface area contributed by atoms with Gasteiger partial charge in [-0.3, -0.25) is 18.9 Å². The molecule has 2 aliphatic heterocycles. The third-order valence-corrected chi connectivity index (χ3v) is 8.88. The third kappa shape index (κ3) is 6.83. The Bertz CT molecular complexity index is 1860. The molecule has 4 aromatic rings. The summed E-state index contributed by atoms with van der Waals surface area (Å²) in [6.45, 7) is 5.54. The highest BCUT2D eigenvalue weighted by molar-refractivity contribution is 6.34. The lowest BCUT2D eigenvalue weighted by molar-refractivity contribution is -0.121. The number of rotatable bonds is 10. The van der Waals surface area contributed by atoms with Crippen LogP contribution in [-0.2, 0) is 4.79 Å². The molecule has 0 spiro atoms. The van der Waals surface area contributed by atoms with E-state index < -0.39 is 18.2 Å². The van der Waals surface area contributed by atoms with Crippen molar-refractivity contribution in [3.8, 4) is 23.1 Å². The number of ether oxygens (including phenoxy) is 1. The minimum Gasteiger partial charge on any atom is -0.476 e. The fourth-order valence-corrected chi connectivity index (χ4v) is 6.22. The Hall–Kier alpha value is -4.84. The summed E-state index contributed by atoms with van der Waals surface area (Å²) in [4.78, 5) is 39.9. The minimum absolute atomic E-state index is 0.0480. The van der Waals surface area contributed by atoms with Gasteiger partial charge in [0.25, 0.3) is 5.91 Å². The number of carbonyl (C=O) groups is 2. The number of primary amides is 1. The van der Waals surface area contributed by atoms with Crippen LogP contribution in [0.5, 0.6) is 5.75 Å². The van der Waals surface area contributed by atoms with Crippen LogP contribution in [0.1, 0.15) is 16.8 Å². The monoisotopic (exact) mass is 663 g/mol. The van der Waals surface area contributed by atoms with Gasteiger partial charge in [0.05, 0.1) is 28.4 Å². The zero-order valence-corrected chi connectivity index (χ0v) is 26.1. The summed E-state index contributed by atoms with van der Waals surface area (Å²) in [6, 6.07) is 9.34. The van der Waals surface area contributed by atoms with Gasteiger partial charge in [0.15, 0.2) is 29.6 Å². The summed E-state index contributed by atoms with van der Waals surface area (Å²) < 4.78 is 36.1. The second kappa shape index (κ2) is 13.9. The Morgan fingerprint density at radius 2 is 1.85 bits per heavy atom. The van der Waals surface area contributed by atoms with E-state index in [1.54, 1.807) is 39.8 Å². The Morgan fingerprint density at radius 3 is 2.57 bits per heavy atom. The van der Waals surface area contributed by atoms with E-state index >= 15 is 0 Å². The van der Waals surface area contributed by atoms with Crippen LogP contribution in [0, 0.1) is 28.9 Å². The number of halogens is 3. The van der Waals surface area contributed by atoms with Crippen molar-refractivity contribution in [1.82, 2.24) is 29.1 Å². The van der Waals surface area contributed by atoms with E-state index in [9.17, 15) is 18.4 Å². The first-order chi connectivity index (χ1) is 22.7. The quantitative estimate of drug-likeness (QED) is 0.260. The van der Waals surface area contributed by atoms with Crippen LogP contribution in [0.15, 0.2) is 48.9 Å². The van der Waals surface area contributed by atoms with E-state index in [-0.39, 0.29) is 39.8 Å². The molecule has 1 atom stereocenters. The van der Waals surface area contributed by atoms with Gasteiger partial charge in [-0.1, -0.05) is 11.6 Å². The Labute approximate surface area is 274 Å². The molecule has 0 bridgehead atoms. The molecule has 2 saturated heterocycles. The van der Waals surface area contributed by atoms with E-state index in [0.29, 0.717) is 42.4 Å². The molecule has 0 aliphatic carbocycles. The molecule has 2 fully saturated rings. The molecule has 2 aromatic heterocycles. The molecule has 0 radical (unpaired) electrons. The number of carbonyl (C=O) groups excluding carboxylic acids is 2. The topological polar surface area (TPSA) is 145 Å². The molecular weight excluding hydrogens is 632 g/mol. The molecule has 47 heavy (non-hydrogen) atoms. The summed E-state index contributed by atoms with van der Waals surface area (Å²) in [5.74, 6) is -2.82. The van der Waals surface area contributed by atoms with Crippen LogP contribution in [0.25, 0.3) is 16.9 Å². The van der Waals surface area contributed by atoms with Gasteiger partial charge < -0.3 is 25.6 Å². The van der Waals surface area contributed by atoms with E-state index in [0.717, 1.165) is 39.1 Å². The van der Waals surface area contributed by atoms with Crippen molar-refractivity contribution >= 4 is 40.6 Å². The number of anilines is 2. The summed E-state index contributed by atoms with van der Waals surface area (Å²) >= 11 is 6.59. The van der Waals surface area contributed by atoms with Gasteiger partial charge in [0.2, 0.25) is 11.7 Å². The average Bonchev–Trinajstić information content (AvgIpc) is 3.73. The number of hydrogen-bond acceptors (Lipinski definition) is 9. The summed E-state index contributed by atoms with van der Waals surface area (Å²) in [6.07, 6.45) is 5.27. The van der Waals surface area contributed by atoms with Gasteiger partial charge in [-0.2, -0.15) is 9.65 Å². The van der Waals surface area contributed by atoms with Gasteiger partial charge in [-0.05, 0) is 43.3 Å². The Morgan fingerprint density at radius 1 is 1.06 bits per heavy atom. The zero-order valence-electron chi connectivity index (χ0n) is 25.3. The molecule has 2 amide bonds. The highest BCUT2D eigenvalue weighted by Crippen LogP contribution is 2.32. The molecule has 244 valence electrons. The normalized spacial score (nSPS) is 17.1. The van der Waals surface area contributed by atoms with Crippen molar-refractivity contribution in [2.24, 2.45) is 11.7 Å². The number of nitrogens with two attached hydrogens (primary N) is 1. The van der Waals surface area contributed by atoms with Crippen molar-refractivity contribution in [3.05, 3.63) is 71.1 Å². The molecule has 12 nitrogen and oxygen atoms in total. The summed E-state index contributed by atoms with van der Waals surface area (Å²) in [5, 5.41) is 12.1. The SMILES string of the molecule is N#CCOc1ccc(-c2cnc3c(Nc4ccc(C(=O)N5CCN(CCN6CCC(C(N)=O)C6)CC5)c(Cl)c4)nccn23)c(F)c1F. The number of aromatic nitrogens is 3. The fourth-order valence-electron chi connectivity index (χ4n) is 5.96. The van der Waals surface area contributed by atoms with Gasteiger partial charge in [-0.25, -0.2) is 14.4 Å². The number of likely N-dealkylation sites (tertiary alicyclic amines) is 1. The van der Waals surface area contributed by atoms with Crippen LogP contribution in [-0.4, -0.2) is 99.8 Å². The first-order valence-corrected chi connectivity index (χ1v) is 15.5. The molecule has 6 rings (SSSR count). The van der Waals surface area contributed by atoms with Crippen molar-refractivity contribution in [2.45, 2.75) is 6.42 Å². The van der Waals surface area contributed by atoms with Crippen LogP contribution < -0.4 is 15.8 Å². The number of nitrogens with zero attached hydrogens (tertiary/aromatic N) is 7. The van der Waals surface area contributed by atoms with E-state index in [1.165, 1.54) is 24.5 Å². The van der Waals surface area contributed by atoms with Crippen LogP contribution in [0.3, 0.4) is 0 Å². The second-order valence-corrected chi connectivity index (χ2v) is 11.8. The van der Waals surface area contributed by atoms with Crippen molar-refractivity contribution in [3.63, 3.8) is 0 Å². The smallest absolute Gasteiger partial charge is 0.255 e. The predicted octanol–water partition coefficient (Wildman–Crippen LogP) is 3.54. The van der Waals surface area contributed by atoms with E-state index in [1.807, 2.05) is 0 Å². The standard InChI is InChI=1S/C32H32ClF2N9O3/c33-24-17-21(1-2-22(24)32(46)43-14-12-41(13-15-43)10-11-42-8-5-20(19-42)29(37)45)40-30-31-39-18-25(44(31)9-7-38-30)23-3-4-26(47-16-6-36)28(35)27(23)34/h1-4,7,9,17-18,20H,5,8,10-16,19H2,(H2,37,45)(H,38,40). The zero-order chi connectivity index (χ0) is 33.1. The molecule has 4 heterocycles. The van der Waals surface area contributed by atoms with Crippen molar-refractivity contribution < 1.29 is 23.1 Å². The maximum Gasteiger partial charge on any atom is 0.255 e. The second-order valence-electron chi connectivity index (χ2n) is 11.4. The van der Waals surface area contributed by atoms with Crippen molar-refractivity contribution in [2.75, 3.05) is 64.3 Å². The molecule has 15 heteroatoms. The number of fused-ring (bicyclic) bond motifs is 1. The molecule has 3 N–H and O–H groups in total. The molecular formula is C32H32ClF2N9O3. The maximum absolute atomic E-state index is 15.0. The fraction of sp³-hybridized carbons (Fsp3) is 0.344. The Kier molecular flexibility index (Phi) is 9.48. The number of piperazine rings is 1. The van der Waals surface area contributed by atoms with Crippen LogP contribution in [0.4, 0.5) is 20.3 Å². The highest BCUT2D eigenvalue weighted by Gasteiger charge is 2.28. The minimum atomic E-state index is -1.20. The number of nitrogens with one attached hydrogen (secondary N) is 1. The number of hydrogen-bond donors (Lipinski definition) is 2. The molecule has 2 aliphatic rings. The first-order valence-electron chi connectivity index (χ1n) is 15.1. The van der Waals surface area contributed by atoms with Crippen LogP contribution in [0.2, 0.25) is 5.02 Å². The van der Waals surface area contributed by atoms with E-state index in [4.69, 9.17) is 27.3 Å². The van der Waals surface area contributed by atoms with Gasteiger partial charge in [-0.15, -0.1) is 0 Å². The molecule has 2 aromatic carbocycles. The summed E-state index contributed by atoms with van der Waals surface area (Å²) in [7, 11) is 0. The van der Waals surface area contributed by atoms with E-state index in [2.05, 4.69) is 25.1 Å². The van der Waals surface area contributed by atoms with Crippen LogP contribution >= 0.6 is 11.6 Å². The first kappa shape index (κ1) is 32.1. The maximum atomic E-state index is 15.0. The van der Waals surface area contributed by atoms with Crippen molar-refractivity contribution in [1.29, 1.82) is 5.26 Å². The number of nitriles is 1. The van der Waals surface area contributed by atoms with Gasteiger partial charge in [0, 0.05) is 69.5 Å². The average molecular weight is 664 g/mol. The molecule has 1 unspecified atom stereocenters. The molecule has 0 saturated carbocycles. The number of benzene rings is 2. The third-order valence-electron chi connectivity index (χ3n) is 8.57. The number of imidazole rings is 1. The Balaban J connectivity index is 1.09.